The SMILES string of the molecule is CC1=CCc2c(Br)ccc(-c3cccc(C)c3C)c21. The Balaban J connectivity index is 2.31. The molecule has 1 heteroatoms. The van der Waals surface area contributed by atoms with Crippen molar-refractivity contribution in [3.63, 3.8) is 0 Å². The van der Waals surface area contributed by atoms with Gasteiger partial charge in [-0.2, -0.15) is 0 Å². The molecule has 0 amide bonds. The Morgan fingerprint density at radius 3 is 2.53 bits per heavy atom. The number of hydrogen-bond donors (Lipinski definition) is 0. The van der Waals surface area contributed by atoms with Gasteiger partial charge in [0.1, 0.15) is 0 Å². The molecule has 1 aliphatic carbocycles. The molecule has 96 valence electrons. The standard InChI is InChI=1S/C18H17Br/c1-11-5-4-6-14(13(11)3)15-9-10-17(19)16-8-7-12(2)18(15)16/h4-7,9-10H,8H2,1-3H3. The molecule has 0 aliphatic heterocycles. The second-order valence-corrected chi connectivity index (χ2v) is 6.14. The van der Waals surface area contributed by atoms with E-state index in [1.54, 1.807) is 0 Å². The molecule has 3 rings (SSSR count). The van der Waals surface area contributed by atoms with Gasteiger partial charge in [0.25, 0.3) is 0 Å². The third kappa shape index (κ3) is 1.97. The van der Waals surface area contributed by atoms with Gasteiger partial charge < -0.3 is 0 Å². The molecule has 0 aromatic heterocycles. The molecule has 0 saturated heterocycles. The summed E-state index contributed by atoms with van der Waals surface area (Å²) in [6.07, 6.45) is 3.37. The van der Waals surface area contributed by atoms with Crippen LogP contribution in [0.25, 0.3) is 16.7 Å². The van der Waals surface area contributed by atoms with E-state index in [2.05, 4.69) is 73.1 Å². The Labute approximate surface area is 123 Å². The second-order valence-electron chi connectivity index (χ2n) is 5.29. The monoisotopic (exact) mass is 312 g/mol. The molecule has 0 saturated carbocycles. The molecule has 2 aromatic rings. The van der Waals surface area contributed by atoms with E-state index >= 15 is 0 Å². The number of benzene rings is 2. The Hall–Kier alpha value is -1.34. The van der Waals surface area contributed by atoms with Gasteiger partial charge in [-0.3, -0.25) is 0 Å². The van der Waals surface area contributed by atoms with Crippen molar-refractivity contribution in [2.24, 2.45) is 0 Å². The van der Waals surface area contributed by atoms with E-state index in [4.69, 9.17) is 0 Å². The molecule has 0 N–H and O–H groups in total. The van der Waals surface area contributed by atoms with Crippen LogP contribution in [0.15, 0.2) is 40.9 Å². The van der Waals surface area contributed by atoms with Crippen molar-refractivity contribution in [3.8, 4) is 11.1 Å². The number of fused-ring (bicyclic) bond motifs is 1. The van der Waals surface area contributed by atoms with Crippen LogP contribution in [0.1, 0.15) is 29.2 Å². The van der Waals surface area contributed by atoms with E-state index in [-0.39, 0.29) is 0 Å². The molecule has 0 fully saturated rings. The van der Waals surface area contributed by atoms with Crippen molar-refractivity contribution >= 4 is 21.5 Å². The summed E-state index contributed by atoms with van der Waals surface area (Å²) in [4.78, 5) is 0. The van der Waals surface area contributed by atoms with E-state index in [1.807, 2.05) is 0 Å². The van der Waals surface area contributed by atoms with Crippen molar-refractivity contribution in [1.29, 1.82) is 0 Å². The van der Waals surface area contributed by atoms with Crippen molar-refractivity contribution in [1.82, 2.24) is 0 Å². The molecule has 0 unspecified atom stereocenters. The zero-order chi connectivity index (χ0) is 13.6. The van der Waals surface area contributed by atoms with Crippen LogP contribution in [-0.4, -0.2) is 0 Å². The van der Waals surface area contributed by atoms with Gasteiger partial charge in [0.15, 0.2) is 0 Å². The fraction of sp³-hybridized carbons (Fsp3) is 0.222. The molecular formula is C18H17Br. The number of rotatable bonds is 1. The first-order valence-corrected chi connectivity index (χ1v) is 7.44. The fourth-order valence-electron chi connectivity index (χ4n) is 2.90. The maximum absolute atomic E-state index is 3.68. The predicted molar refractivity (Wildman–Crippen MR) is 86.4 cm³/mol. The van der Waals surface area contributed by atoms with Gasteiger partial charge in [-0.05, 0) is 72.2 Å². The van der Waals surface area contributed by atoms with Crippen LogP contribution in [0.4, 0.5) is 0 Å². The largest absolute Gasteiger partial charge is 0.0765 e. The third-order valence-corrected chi connectivity index (χ3v) is 4.90. The summed E-state index contributed by atoms with van der Waals surface area (Å²) in [5.41, 5.74) is 9.70. The lowest BCUT2D eigenvalue weighted by atomic mass is 9.90. The van der Waals surface area contributed by atoms with E-state index in [0.717, 1.165) is 6.42 Å². The number of aryl methyl sites for hydroxylation is 1. The first kappa shape index (κ1) is 12.7. The molecule has 0 atom stereocenters. The van der Waals surface area contributed by atoms with Crippen molar-refractivity contribution in [2.45, 2.75) is 27.2 Å². The molecular weight excluding hydrogens is 296 g/mol. The van der Waals surface area contributed by atoms with Crippen LogP contribution in [0.2, 0.25) is 0 Å². The molecule has 0 radical (unpaired) electrons. The third-order valence-electron chi connectivity index (χ3n) is 4.16. The predicted octanol–water partition coefficient (Wildman–Crippen LogP) is 5.69. The maximum atomic E-state index is 3.68. The van der Waals surface area contributed by atoms with Gasteiger partial charge in [-0.25, -0.2) is 0 Å². The Morgan fingerprint density at radius 2 is 1.74 bits per heavy atom. The van der Waals surface area contributed by atoms with Crippen LogP contribution in [0.3, 0.4) is 0 Å². The van der Waals surface area contributed by atoms with Gasteiger partial charge >= 0.3 is 0 Å². The Kier molecular flexibility index (Phi) is 3.10. The topological polar surface area (TPSA) is 0 Å². The summed E-state index contributed by atoms with van der Waals surface area (Å²) >= 11 is 3.68. The highest BCUT2D eigenvalue weighted by Gasteiger charge is 2.19. The first-order chi connectivity index (χ1) is 9.09. The van der Waals surface area contributed by atoms with E-state index in [0.29, 0.717) is 0 Å². The summed E-state index contributed by atoms with van der Waals surface area (Å²) in [6.45, 7) is 6.61. The Morgan fingerprint density at radius 1 is 0.947 bits per heavy atom. The Bertz CT molecular complexity index is 693. The highest BCUT2D eigenvalue weighted by molar-refractivity contribution is 9.10. The van der Waals surface area contributed by atoms with Gasteiger partial charge in [-0.15, -0.1) is 0 Å². The molecule has 0 spiro atoms. The average Bonchev–Trinajstić information content (AvgIpc) is 2.78. The first-order valence-electron chi connectivity index (χ1n) is 6.64. The molecule has 19 heavy (non-hydrogen) atoms. The van der Waals surface area contributed by atoms with Crippen LogP contribution >= 0.6 is 15.9 Å². The van der Waals surface area contributed by atoms with Gasteiger partial charge in [0, 0.05) is 4.47 Å². The number of allylic oxidation sites excluding steroid dienone is 2. The van der Waals surface area contributed by atoms with Crippen LogP contribution < -0.4 is 0 Å². The van der Waals surface area contributed by atoms with Crippen molar-refractivity contribution in [3.05, 3.63) is 63.1 Å². The zero-order valence-corrected chi connectivity index (χ0v) is 13.1. The molecule has 1 aliphatic rings. The molecule has 0 heterocycles. The van der Waals surface area contributed by atoms with E-state index < -0.39 is 0 Å². The molecule has 0 nitrogen and oxygen atoms in total. The van der Waals surface area contributed by atoms with Gasteiger partial charge in [0.2, 0.25) is 0 Å². The van der Waals surface area contributed by atoms with E-state index in [1.165, 1.54) is 43.4 Å². The highest BCUT2D eigenvalue weighted by atomic mass is 79.9. The second kappa shape index (κ2) is 4.64. The van der Waals surface area contributed by atoms with Crippen molar-refractivity contribution < 1.29 is 0 Å². The summed E-state index contributed by atoms with van der Waals surface area (Å²) in [6, 6.07) is 11.0. The van der Waals surface area contributed by atoms with Crippen LogP contribution in [0, 0.1) is 13.8 Å². The number of halogens is 1. The normalized spacial score (nSPS) is 13.4. The lowest BCUT2D eigenvalue weighted by Gasteiger charge is -2.15. The summed E-state index contributed by atoms with van der Waals surface area (Å²) in [7, 11) is 0. The average molecular weight is 313 g/mol. The quantitative estimate of drug-likeness (QED) is 0.634. The lowest BCUT2D eigenvalue weighted by Crippen LogP contribution is -1.94. The maximum Gasteiger partial charge on any atom is 0.0216 e. The summed E-state index contributed by atoms with van der Waals surface area (Å²) in [5, 5.41) is 0. The van der Waals surface area contributed by atoms with Gasteiger partial charge in [0.05, 0.1) is 0 Å². The summed E-state index contributed by atoms with van der Waals surface area (Å²) < 4.78 is 1.23. The lowest BCUT2D eigenvalue weighted by molar-refractivity contribution is 1.28. The minimum absolute atomic E-state index is 1.04. The van der Waals surface area contributed by atoms with Gasteiger partial charge in [-0.1, -0.05) is 46.3 Å². The van der Waals surface area contributed by atoms with E-state index in [9.17, 15) is 0 Å². The smallest absolute Gasteiger partial charge is 0.0216 e. The van der Waals surface area contributed by atoms with Crippen LogP contribution in [0.5, 0.6) is 0 Å². The van der Waals surface area contributed by atoms with Crippen molar-refractivity contribution in [2.75, 3.05) is 0 Å². The van der Waals surface area contributed by atoms with Crippen LogP contribution in [-0.2, 0) is 6.42 Å². The molecule has 2 aromatic carbocycles. The highest BCUT2D eigenvalue weighted by Crippen LogP contribution is 2.40. The fourth-order valence-corrected chi connectivity index (χ4v) is 3.39. The number of hydrogen-bond acceptors (Lipinski definition) is 0. The minimum Gasteiger partial charge on any atom is -0.0765 e. The molecule has 0 bridgehead atoms. The minimum atomic E-state index is 1.04. The zero-order valence-electron chi connectivity index (χ0n) is 11.5. The summed E-state index contributed by atoms with van der Waals surface area (Å²) in [5.74, 6) is 0.